The van der Waals surface area contributed by atoms with Crippen LogP contribution in [0.25, 0.3) is 10.2 Å². The van der Waals surface area contributed by atoms with E-state index in [2.05, 4.69) is 10.3 Å². The number of amides is 1. The van der Waals surface area contributed by atoms with E-state index in [-0.39, 0.29) is 12.5 Å². The molecule has 3 atom stereocenters. The van der Waals surface area contributed by atoms with Crippen LogP contribution in [-0.4, -0.2) is 52.6 Å². The van der Waals surface area contributed by atoms with Crippen LogP contribution in [0.15, 0.2) is 17.5 Å². The van der Waals surface area contributed by atoms with Gasteiger partial charge in [0.25, 0.3) is 5.91 Å². The van der Waals surface area contributed by atoms with E-state index in [4.69, 9.17) is 9.84 Å². The SMILES string of the molecule is O=C(N[C@H]1CCO[C@H](CO)[C@H]1O)c1cc2sccc2[nH]1. The van der Waals surface area contributed by atoms with Gasteiger partial charge in [0.05, 0.1) is 22.9 Å². The zero-order chi connectivity index (χ0) is 14.1. The summed E-state index contributed by atoms with van der Waals surface area (Å²) in [5, 5.41) is 23.9. The fourth-order valence-electron chi connectivity index (χ4n) is 2.41. The molecule has 3 rings (SSSR count). The molecule has 0 aliphatic carbocycles. The lowest BCUT2D eigenvalue weighted by Gasteiger charge is -2.34. The largest absolute Gasteiger partial charge is 0.394 e. The fourth-order valence-corrected chi connectivity index (χ4v) is 3.19. The molecule has 1 aliphatic heterocycles. The van der Waals surface area contributed by atoms with Gasteiger partial charge in [-0.2, -0.15) is 0 Å². The molecule has 7 heteroatoms. The topological polar surface area (TPSA) is 94.6 Å². The summed E-state index contributed by atoms with van der Waals surface area (Å²) in [6, 6.07) is 3.31. The number of aliphatic hydroxyl groups excluding tert-OH is 2. The Labute approximate surface area is 119 Å². The van der Waals surface area contributed by atoms with E-state index in [0.717, 1.165) is 10.2 Å². The molecule has 108 valence electrons. The van der Waals surface area contributed by atoms with Crippen molar-refractivity contribution in [3.05, 3.63) is 23.2 Å². The van der Waals surface area contributed by atoms with Crippen molar-refractivity contribution in [2.45, 2.75) is 24.7 Å². The van der Waals surface area contributed by atoms with Gasteiger partial charge in [-0.25, -0.2) is 0 Å². The Kier molecular flexibility index (Phi) is 3.75. The van der Waals surface area contributed by atoms with Gasteiger partial charge >= 0.3 is 0 Å². The minimum absolute atomic E-state index is 0.254. The van der Waals surface area contributed by atoms with E-state index in [1.54, 1.807) is 17.4 Å². The van der Waals surface area contributed by atoms with Gasteiger partial charge < -0.3 is 25.3 Å². The highest BCUT2D eigenvalue weighted by atomic mass is 32.1. The average molecular weight is 296 g/mol. The molecule has 2 aromatic heterocycles. The zero-order valence-electron chi connectivity index (χ0n) is 10.7. The summed E-state index contributed by atoms with van der Waals surface area (Å²) in [4.78, 5) is 15.2. The molecule has 6 nitrogen and oxygen atoms in total. The summed E-state index contributed by atoms with van der Waals surface area (Å²) >= 11 is 1.56. The summed E-state index contributed by atoms with van der Waals surface area (Å²) < 4.78 is 6.26. The maximum Gasteiger partial charge on any atom is 0.268 e. The number of carbonyl (C=O) groups excluding carboxylic acids is 1. The lowest BCUT2D eigenvalue weighted by molar-refractivity contribution is -0.107. The molecule has 1 saturated heterocycles. The van der Waals surface area contributed by atoms with Crippen molar-refractivity contribution < 1.29 is 19.7 Å². The van der Waals surface area contributed by atoms with Crippen molar-refractivity contribution in [2.24, 2.45) is 0 Å². The number of thiophene rings is 1. The van der Waals surface area contributed by atoms with Crippen LogP contribution in [0, 0.1) is 0 Å². The Hall–Kier alpha value is -1.41. The van der Waals surface area contributed by atoms with Crippen LogP contribution in [0.4, 0.5) is 0 Å². The molecule has 1 fully saturated rings. The number of rotatable bonds is 3. The van der Waals surface area contributed by atoms with Crippen LogP contribution >= 0.6 is 11.3 Å². The van der Waals surface area contributed by atoms with Crippen molar-refractivity contribution in [2.75, 3.05) is 13.2 Å². The monoisotopic (exact) mass is 296 g/mol. The molecule has 1 amide bonds. The molecule has 3 heterocycles. The number of carbonyl (C=O) groups is 1. The summed E-state index contributed by atoms with van der Waals surface area (Å²) in [5.41, 5.74) is 1.41. The Morgan fingerprint density at radius 1 is 1.60 bits per heavy atom. The number of nitrogens with one attached hydrogen (secondary N) is 2. The van der Waals surface area contributed by atoms with E-state index < -0.39 is 18.2 Å². The molecule has 0 saturated carbocycles. The van der Waals surface area contributed by atoms with E-state index in [1.165, 1.54) is 0 Å². The van der Waals surface area contributed by atoms with Crippen molar-refractivity contribution in [3.8, 4) is 0 Å². The lowest BCUT2D eigenvalue weighted by atomic mass is 10.00. The number of aromatic nitrogens is 1. The molecule has 0 spiro atoms. The first-order valence-electron chi connectivity index (χ1n) is 6.46. The number of aromatic amines is 1. The van der Waals surface area contributed by atoms with E-state index in [9.17, 15) is 9.90 Å². The zero-order valence-corrected chi connectivity index (χ0v) is 11.5. The van der Waals surface area contributed by atoms with Gasteiger partial charge in [-0.05, 0) is 23.9 Å². The van der Waals surface area contributed by atoms with Crippen LogP contribution in [0.1, 0.15) is 16.9 Å². The first-order chi connectivity index (χ1) is 9.69. The smallest absolute Gasteiger partial charge is 0.268 e. The molecule has 4 N–H and O–H groups in total. The van der Waals surface area contributed by atoms with E-state index in [0.29, 0.717) is 18.7 Å². The predicted octanol–water partition coefficient (Wildman–Crippen LogP) is 0.470. The second kappa shape index (κ2) is 5.53. The summed E-state index contributed by atoms with van der Waals surface area (Å²) in [6.07, 6.45) is -1.01. The summed E-state index contributed by atoms with van der Waals surface area (Å²) in [7, 11) is 0. The fraction of sp³-hybridized carbons (Fsp3) is 0.462. The number of H-pyrrole nitrogens is 1. The van der Waals surface area contributed by atoms with Gasteiger partial charge in [0, 0.05) is 6.61 Å². The molecular weight excluding hydrogens is 280 g/mol. The minimum atomic E-state index is -0.895. The molecule has 0 unspecified atom stereocenters. The average Bonchev–Trinajstić information content (AvgIpc) is 3.02. The molecular formula is C13H16N2O4S. The number of hydrogen-bond acceptors (Lipinski definition) is 5. The number of aliphatic hydroxyl groups is 2. The van der Waals surface area contributed by atoms with Crippen LogP contribution in [-0.2, 0) is 4.74 Å². The second-order valence-electron chi connectivity index (χ2n) is 4.83. The highest BCUT2D eigenvalue weighted by Gasteiger charge is 2.33. The highest BCUT2D eigenvalue weighted by molar-refractivity contribution is 7.17. The van der Waals surface area contributed by atoms with Crippen LogP contribution in [0.2, 0.25) is 0 Å². The molecule has 2 aromatic rings. The second-order valence-corrected chi connectivity index (χ2v) is 5.78. The quantitative estimate of drug-likeness (QED) is 0.662. The Morgan fingerprint density at radius 2 is 2.45 bits per heavy atom. The third kappa shape index (κ3) is 2.45. The number of hydrogen-bond donors (Lipinski definition) is 4. The highest BCUT2D eigenvalue weighted by Crippen LogP contribution is 2.22. The lowest BCUT2D eigenvalue weighted by Crippen LogP contribution is -2.54. The van der Waals surface area contributed by atoms with Gasteiger partial charge in [-0.1, -0.05) is 0 Å². The first-order valence-corrected chi connectivity index (χ1v) is 7.34. The maximum absolute atomic E-state index is 12.2. The van der Waals surface area contributed by atoms with Crippen molar-refractivity contribution >= 4 is 27.5 Å². The Morgan fingerprint density at radius 3 is 3.20 bits per heavy atom. The van der Waals surface area contributed by atoms with Crippen LogP contribution < -0.4 is 5.32 Å². The van der Waals surface area contributed by atoms with Gasteiger partial charge in [0.2, 0.25) is 0 Å². The van der Waals surface area contributed by atoms with Gasteiger partial charge in [0.1, 0.15) is 17.9 Å². The van der Waals surface area contributed by atoms with Crippen molar-refractivity contribution in [1.29, 1.82) is 0 Å². The predicted molar refractivity (Wildman–Crippen MR) is 74.9 cm³/mol. The van der Waals surface area contributed by atoms with Gasteiger partial charge in [0.15, 0.2) is 0 Å². The van der Waals surface area contributed by atoms with Crippen LogP contribution in [0.3, 0.4) is 0 Å². The van der Waals surface area contributed by atoms with E-state index >= 15 is 0 Å². The van der Waals surface area contributed by atoms with E-state index in [1.807, 2.05) is 11.4 Å². The molecule has 20 heavy (non-hydrogen) atoms. The molecule has 0 radical (unpaired) electrons. The molecule has 1 aliphatic rings. The molecule has 0 aromatic carbocycles. The normalized spacial score (nSPS) is 26.8. The Bertz CT molecular complexity index is 580. The number of ether oxygens (including phenoxy) is 1. The van der Waals surface area contributed by atoms with Crippen molar-refractivity contribution in [3.63, 3.8) is 0 Å². The summed E-state index contributed by atoms with van der Waals surface area (Å²) in [5.74, 6) is -0.254. The standard InChI is InChI=1S/C13H16N2O4S/c16-6-10-12(17)8(1-3-19-10)15-13(18)9-5-11-7(14-9)2-4-20-11/h2,4-5,8,10,12,14,16-17H,1,3,6H2,(H,15,18)/t8-,10+,12-/m0/s1. The maximum atomic E-state index is 12.2. The third-order valence-electron chi connectivity index (χ3n) is 3.53. The minimum Gasteiger partial charge on any atom is -0.394 e. The summed E-state index contributed by atoms with van der Waals surface area (Å²) in [6.45, 7) is 0.152. The third-order valence-corrected chi connectivity index (χ3v) is 4.40. The Balaban J connectivity index is 1.70. The first kappa shape index (κ1) is 13.6. The van der Waals surface area contributed by atoms with Crippen molar-refractivity contribution in [1.82, 2.24) is 10.3 Å². The van der Waals surface area contributed by atoms with Gasteiger partial charge in [-0.15, -0.1) is 11.3 Å². The van der Waals surface area contributed by atoms with Gasteiger partial charge in [-0.3, -0.25) is 4.79 Å². The molecule has 0 bridgehead atoms. The number of fused-ring (bicyclic) bond motifs is 1. The van der Waals surface area contributed by atoms with Crippen LogP contribution in [0.5, 0.6) is 0 Å².